The molecule has 68 valence electrons. The molecule has 1 aromatic heterocycles. The molecule has 0 radical (unpaired) electrons. The molecule has 4 nitrogen and oxygen atoms in total. The summed E-state index contributed by atoms with van der Waals surface area (Å²) in [4.78, 5) is 4.23. The van der Waals surface area contributed by atoms with Gasteiger partial charge < -0.3 is 14.6 Å². The third kappa shape index (κ3) is 2.06. The van der Waals surface area contributed by atoms with Gasteiger partial charge in [-0.3, -0.25) is 0 Å². The van der Waals surface area contributed by atoms with E-state index in [4.69, 9.17) is 4.74 Å². The van der Waals surface area contributed by atoms with Gasteiger partial charge in [-0.25, -0.2) is 4.98 Å². The lowest BCUT2D eigenvalue weighted by atomic mass is 10.2. The molecule has 0 aliphatic heterocycles. The molecule has 1 aromatic rings. The van der Waals surface area contributed by atoms with Gasteiger partial charge in [-0.1, -0.05) is 0 Å². The lowest BCUT2D eigenvalue weighted by Crippen LogP contribution is -2.21. The number of rotatable bonds is 4. The Bertz CT molecular complexity index is 234. The van der Waals surface area contributed by atoms with Gasteiger partial charge >= 0.3 is 0 Å². The van der Waals surface area contributed by atoms with E-state index in [1.807, 2.05) is 24.9 Å². The second kappa shape index (κ2) is 4.23. The number of aryl methyl sites for hydroxylation is 1. The second-order valence-corrected chi connectivity index (χ2v) is 2.76. The maximum atomic E-state index is 5.05. The molecule has 1 unspecified atom stereocenters. The first-order chi connectivity index (χ1) is 5.77. The highest BCUT2D eigenvalue weighted by Gasteiger charge is 2.10. The van der Waals surface area contributed by atoms with Crippen LogP contribution in [0.3, 0.4) is 0 Å². The van der Waals surface area contributed by atoms with Crippen molar-refractivity contribution < 1.29 is 4.74 Å². The average molecular weight is 169 g/mol. The molecular weight excluding hydrogens is 154 g/mol. The number of methoxy groups -OCH3 is 1. The molecule has 0 aliphatic rings. The summed E-state index contributed by atoms with van der Waals surface area (Å²) in [6.45, 7) is 0.646. The van der Waals surface area contributed by atoms with Crippen molar-refractivity contribution in [3.8, 4) is 0 Å². The molecule has 0 aliphatic carbocycles. The highest BCUT2D eigenvalue weighted by molar-refractivity contribution is 5.03. The van der Waals surface area contributed by atoms with Crippen molar-refractivity contribution in [1.82, 2.24) is 14.9 Å². The lowest BCUT2D eigenvalue weighted by Gasteiger charge is -2.11. The fourth-order valence-electron chi connectivity index (χ4n) is 1.10. The van der Waals surface area contributed by atoms with Gasteiger partial charge in [0.2, 0.25) is 0 Å². The molecule has 0 fully saturated rings. The van der Waals surface area contributed by atoms with Gasteiger partial charge in [0, 0.05) is 20.4 Å². The fourth-order valence-corrected chi connectivity index (χ4v) is 1.10. The normalized spacial score (nSPS) is 13.2. The van der Waals surface area contributed by atoms with E-state index < -0.39 is 0 Å². The van der Waals surface area contributed by atoms with E-state index >= 15 is 0 Å². The van der Waals surface area contributed by atoms with E-state index in [0.717, 1.165) is 5.69 Å². The van der Waals surface area contributed by atoms with Crippen molar-refractivity contribution in [2.24, 2.45) is 7.05 Å². The van der Waals surface area contributed by atoms with Gasteiger partial charge in [0.15, 0.2) is 0 Å². The predicted octanol–water partition coefficient (Wildman–Crippen LogP) is 0.327. The van der Waals surface area contributed by atoms with Gasteiger partial charge in [-0.15, -0.1) is 0 Å². The quantitative estimate of drug-likeness (QED) is 0.706. The molecule has 0 amide bonds. The van der Waals surface area contributed by atoms with Crippen LogP contribution in [-0.2, 0) is 11.8 Å². The van der Waals surface area contributed by atoms with Crippen molar-refractivity contribution in [3.05, 3.63) is 18.2 Å². The van der Waals surface area contributed by atoms with E-state index in [1.165, 1.54) is 0 Å². The summed E-state index contributed by atoms with van der Waals surface area (Å²) in [6, 6.07) is 0.191. The van der Waals surface area contributed by atoms with Crippen LogP contribution >= 0.6 is 0 Å². The maximum Gasteiger partial charge on any atom is 0.0947 e. The summed E-state index contributed by atoms with van der Waals surface area (Å²) in [5.41, 5.74) is 1.02. The minimum absolute atomic E-state index is 0.191. The smallest absolute Gasteiger partial charge is 0.0947 e. The first-order valence-corrected chi connectivity index (χ1v) is 3.92. The summed E-state index contributed by atoms with van der Waals surface area (Å²) in [6.07, 6.45) is 3.77. The minimum Gasteiger partial charge on any atom is -0.383 e. The summed E-state index contributed by atoms with van der Waals surface area (Å²) in [5, 5.41) is 3.13. The van der Waals surface area contributed by atoms with Crippen molar-refractivity contribution in [3.63, 3.8) is 0 Å². The largest absolute Gasteiger partial charge is 0.383 e. The summed E-state index contributed by atoms with van der Waals surface area (Å²) in [5.74, 6) is 0. The van der Waals surface area contributed by atoms with E-state index in [0.29, 0.717) is 6.61 Å². The Balaban J connectivity index is 2.66. The Hall–Kier alpha value is -0.870. The lowest BCUT2D eigenvalue weighted by molar-refractivity contribution is 0.169. The maximum absolute atomic E-state index is 5.05. The first-order valence-electron chi connectivity index (χ1n) is 3.92. The number of hydrogen-bond acceptors (Lipinski definition) is 3. The van der Waals surface area contributed by atoms with Gasteiger partial charge in [-0.05, 0) is 7.05 Å². The summed E-state index contributed by atoms with van der Waals surface area (Å²) >= 11 is 0. The van der Waals surface area contributed by atoms with Crippen LogP contribution in [0.15, 0.2) is 12.5 Å². The van der Waals surface area contributed by atoms with Crippen LogP contribution in [0.2, 0.25) is 0 Å². The van der Waals surface area contributed by atoms with Crippen LogP contribution in [0.4, 0.5) is 0 Å². The Kier molecular flexibility index (Phi) is 3.25. The Morgan fingerprint density at radius 1 is 1.75 bits per heavy atom. The number of nitrogens with zero attached hydrogens (tertiary/aromatic N) is 2. The number of likely N-dealkylation sites (N-methyl/N-ethyl adjacent to an activating group) is 1. The predicted molar refractivity (Wildman–Crippen MR) is 46.9 cm³/mol. The molecule has 0 aromatic carbocycles. The zero-order valence-electron chi connectivity index (χ0n) is 7.74. The molecular formula is C8H15N3O. The molecule has 1 rings (SSSR count). The van der Waals surface area contributed by atoms with E-state index in [-0.39, 0.29) is 6.04 Å². The van der Waals surface area contributed by atoms with Crippen molar-refractivity contribution >= 4 is 0 Å². The number of ether oxygens (including phenoxy) is 1. The SMILES string of the molecule is CNC(COC)c1cn(C)cn1. The van der Waals surface area contributed by atoms with Gasteiger partial charge in [0.25, 0.3) is 0 Å². The third-order valence-corrected chi connectivity index (χ3v) is 1.76. The molecule has 0 saturated heterocycles. The van der Waals surface area contributed by atoms with Crippen LogP contribution in [0, 0.1) is 0 Å². The molecule has 1 atom stereocenters. The third-order valence-electron chi connectivity index (χ3n) is 1.76. The Morgan fingerprint density at radius 3 is 2.92 bits per heavy atom. The average Bonchev–Trinajstić information content (AvgIpc) is 2.47. The monoisotopic (exact) mass is 169 g/mol. The van der Waals surface area contributed by atoms with E-state index in [1.54, 1.807) is 13.4 Å². The topological polar surface area (TPSA) is 39.1 Å². The summed E-state index contributed by atoms with van der Waals surface area (Å²) in [7, 11) is 5.54. The van der Waals surface area contributed by atoms with Crippen LogP contribution in [-0.4, -0.2) is 30.3 Å². The number of nitrogens with one attached hydrogen (secondary N) is 1. The Labute approximate surface area is 72.6 Å². The van der Waals surface area contributed by atoms with Crippen LogP contribution in [0.1, 0.15) is 11.7 Å². The number of imidazole rings is 1. The van der Waals surface area contributed by atoms with Crippen molar-refractivity contribution in [2.45, 2.75) is 6.04 Å². The minimum atomic E-state index is 0.191. The zero-order valence-corrected chi connectivity index (χ0v) is 7.74. The van der Waals surface area contributed by atoms with Gasteiger partial charge in [0.1, 0.15) is 0 Å². The highest BCUT2D eigenvalue weighted by atomic mass is 16.5. The van der Waals surface area contributed by atoms with Gasteiger partial charge in [0.05, 0.1) is 24.7 Å². The standard InChI is InChI=1S/C8H15N3O/c1-9-8(5-12-3)7-4-11(2)6-10-7/h4,6,8-9H,5H2,1-3H3. The van der Waals surface area contributed by atoms with Gasteiger partial charge in [-0.2, -0.15) is 0 Å². The fraction of sp³-hybridized carbons (Fsp3) is 0.625. The number of aromatic nitrogens is 2. The summed E-state index contributed by atoms with van der Waals surface area (Å²) < 4.78 is 6.97. The molecule has 1 heterocycles. The molecule has 0 saturated carbocycles. The van der Waals surface area contributed by atoms with Crippen LogP contribution < -0.4 is 5.32 Å². The first kappa shape index (κ1) is 9.22. The van der Waals surface area contributed by atoms with Crippen LogP contribution in [0.5, 0.6) is 0 Å². The van der Waals surface area contributed by atoms with Crippen molar-refractivity contribution in [1.29, 1.82) is 0 Å². The van der Waals surface area contributed by atoms with E-state index in [2.05, 4.69) is 10.3 Å². The second-order valence-electron chi connectivity index (χ2n) is 2.76. The van der Waals surface area contributed by atoms with E-state index in [9.17, 15) is 0 Å². The number of hydrogen-bond donors (Lipinski definition) is 1. The Morgan fingerprint density at radius 2 is 2.50 bits per heavy atom. The highest BCUT2D eigenvalue weighted by Crippen LogP contribution is 2.08. The molecule has 1 N–H and O–H groups in total. The van der Waals surface area contributed by atoms with Crippen molar-refractivity contribution in [2.75, 3.05) is 20.8 Å². The molecule has 0 spiro atoms. The molecule has 4 heteroatoms. The molecule has 12 heavy (non-hydrogen) atoms. The zero-order chi connectivity index (χ0) is 8.97. The van der Waals surface area contributed by atoms with Crippen LogP contribution in [0.25, 0.3) is 0 Å². The molecule has 0 bridgehead atoms.